The van der Waals surface area contributed by atoms with Gasteiger partial charge in [-0.15, -0.1) is 0 Å². The van der Waals surface area contributed by atoms with Crippen molar-refractivity contribution in [3.05, 3.63) is 35.9 Å². The Hall–Kier alpha value is -1.39. The Morgan fingerprint density at radius 1 is 1.35 bits per heavy atom. The Morgan fingerprint density at radius 3 is 2.91 bits per heavy atom. The van der Waals surface area contributed by atoms with Crippen LogP contribution in [0.1, 0.15) is 31.7 Å². The molecule has 126 valence electrons. The van der Waals surface area contributed by atoms with Crippen molar-refractivity contribution in [3.8, 4) is 0 Å². The fraction of sp³-hybridized carbons (Fsp3) is 0.632. The highest BCUT2D eigenvalue weighted by molar-refractivity contribution is 5.79. The van der Waals surface area contributed by atoms with E-state index in [9.17, 15) is 4.79 Å². The number of nitrogens with zero attached hydrogens (tertiary/aromatic N) is 1. The minimum absolute atomic E-state index is 0.160. The first-order chi connectivity index (χ1) is 11.2. The van der Waals surface area contributed by atoms with E-state index in [1.54, 1.807) is 0 Å². The first-order valence-electron chi connectivity index (χ1n) is 9.00. The second-order valence-corrected chi connectivity index (χ2v) is 7.11. The summed E-state index contributed by atoms with van der Waals surface area (Å²) < 4.78 is 0. The molecule has 0 aliphatic carbocycles. The van der Waals surface area contributed by atoms with E-state index < -0.39 is 0 Å². The van der Waals surface area contributed by atoms with E-state index >= 15 is 0 Å². The summed E-state index contributed by atoms with van der Waals surface area (Å²) in [5, 5.41) is 6.59. The number of nitrogens with one attached hydrogen (secondary N) is 2. The van der Waals surface area contributed by atoms with Crippen LogP contribution in [-0.2, 0) is 11.3 Å². The Kier molecular flexibility index (Phi) is 5.68. The van der Waals surface area contributed by atoms with Crippen LogP contribution in [0.2, 0.25) is 0 Å². The molecule has 2 aliphatic heterocycles. The molecule has 3 unspecified atom stereocenters. The van der Waals surface area contributed by atoms with Gasteiger partial charge in [0.05, 0.1) is 5.92 Å². The van der Waals surface area contributed by atoms with Crippen molar-refractivity contribution < 1.29 is 4.79 Å². The maximum Gasteiger partial charge on any atom is 0.224 e. The molecule has 3 atom stereocenters. The third-order valence-corrected chi connectivity index (χ3v) is 5.30. The van der Waals surface area contributed by atoms with Crippen LogP contribution in [-0.4, -0.2) is 43.0 Å². The fourth-order valence-corrected chi connectivity index (χ4v) is 3.79. The Labute approximate surface area is 139 Å². The number of piperidine rings is 1. The summed E-state index contributed by atoms with van der Waals surface area (Å²) in [6.45, 7) is 7.29. The Balaban J connectivity index is 1.45. The number of benzene rings is 1. The first kappa shape index (κ1) is 16.5. The van der Waals surface area contributed by atoms with E-state index in [0.29, 0.717) is 5.92 Å². The van der Waals surface area contributed by atoms with E-state index in [4.69, 9.17) is 0 Å². The van der Waals surface area contributed by atoms with Gasteiger partial charge in [0, 0.05) is 25.7 Å². The standard InChI is InChI=1S/C19H29N3O/c1-15(21-19(23)17-8-5-10-20-12-17)18-9-11-22(14-18)13-16-6-3-2-4-7-16/h2-4,6-7,15,17-18,20H,5,8-14H2,1H3,(H,21,23). The second-order valence-electron chi connectivity index (χ2n) is 7.11. The lowest BCUT2D eigenvalue weighted by molar-refractivity contribution is -0.126. The van der Waals surface area contributed by atoms with Crippen molar-refractivity contribution in [1.29, 1.82) is 0 Å². The highest BCUT2D eigenvalue weighted by Gasteiger charge is 2.29. The first-order valence-corrected chi connectivity index (χ1v) is 9.00. The number of likely N-dealkylation sites (tertiary alicyclic amines) is 1. The third kappa shape index (κ3) is 4.55. The van der Waals surface area contributed by atoms with Crippen molar-refractivity contribution in [2.45, 2.75) is 38.8 Å². The molecule has 1 aromatic rings. The molecule has 0 bridgehead atoms. The smallest absolute Gasteiger partial charge is 0.224 e. The zero-order chi connectivity index (χ0) is 16.1. The van der Waals surface area contributed by atoms with Crippen LogP contribution < -0.4 is 10.6 Å². The minimum atomic E-state index is 0.160. The van der Waals surface area contributed by atoms with Crippen LogP contribution >= 0.6 is 0 Å². The van der Waals surface area contributed by atoms with Crippen LogP contribution in [0.15, 0.2) is 30.3 Å². The summed E-state index contributed by atoms with van der Waals surface area (Å²) in [6, 6.07) is 10.9. The lowest BCUT2D eigenvalue weighted by atomic mass is 9.96. The number of hydrogen-bond donors (Lipinski definition) is 2. The molecular weight excluding hydrogens is 286 g/mol. The average molecular weight is 315 g/mol. The third-order valence-electron chi connectivity index (χ3n) is 5.30. The largest absolute Gasteiger partial charge is 0.353 e. The van der Waals surface area contributed by atoms with E-state index in [0.717, 1.165) is 45.6 Å². The van der Waals surface area contributed by atoms with Crippen molar-refractivity contribution in [2.75, 3.05) is 26.2 Å². The monoisotopic (exact) mass is 315 g/mol. The SMILES string of the molecule is CC(NC(=O)C1CCCNC1)C1CCN(Cc2ccccc2)C1. The second kappa shape index (κ2) is 7.93. The number of rotatable bonds is 5. The summed E-state index contributed by atoms with van der Waals surface area (Å²) in [4.78, 5) is 14.9. The van der Waals surface area contributed by atoms with Gasteiger partial charge >= 0.3 is 0 Å². The normalized spacial score (nSPS) is 26.8. The molecule has 2 fully saturated rings. The van der Waals surface area contributed by atoms with Crippen LogP contribution in [0, 0.1) is 11.8 Å². The van der Waals surface area contributed by atoms with Gasteiger partial charge in [0.1, 0.15) is 0 Å². The Morgan fingerprint density at radius 2 is 2.17 bits per heavy atom. The highest BCUT2D eigenvalue weighted by Crippen LogP contribution is 2.22. The number of amides is 1. The minimum Gasteiger partial charge on any atom is -0.353 e. The number of carbonyl (C=O) groups excluding carboxylic acids is 1. The van der Waals surface area contributed by atoms with E-state index in [1.807, 2.05) is 0 Å². The predicted octanol–water partition coefficient (Wildman–Crippen LogP) is 2.01. The molecule has 2 N–H and O–H groups in total. The lowest BCUT2D eigenvalue weighted by Gasteiger charge is -2.26. The zero-order valence-corrected chi connectivity index (χ0v) is 14.1. The van der Waals surface area contributed by atoms with Crippen LogP contribution in [0.25, 0.3) is 0 Å². The lowest BCUT2D eigenvalue weighted by Crippen LogP contribution is -2.46. The molecule has 4 heteroatoms. The quantitative estimate of drug-likeness (QED) is 0.874. The number of hydrogen-bond acceptors (Lipinski definition) is 3. The van der Waals surface area contributed by atoms with Gasteiger partial charge < -0.3 is 10.6 Å². The molecule has 0 spiro atoms. The van der Waals surface area contributed by atoms with E-state index in [1.165, 1.54) is 12.0 Å². The van der Waals surface area contributed by atoms with Gasteiger partial charge in [-0.2, -0.15) is 0 Å². The molecule has 0 saturated carbocycles. The molecule has 1 aromatic carbocycles. The maximum atomic E-state index is 12.4. The summed E-state index contributed by atoms with van der Waals surface area (Å²) in [7, 11) is 0. The van der Waals surface area contributed by atoms with Crippen molar-refractivity contribution in [2.24, 2.45) is 11.8 Å². The van der Waals surface area contributed by atoms with Gasteiger partial charge in [0.25, 0.3) is 0 Å². The number of carbonyl (C=O) groups is 1. The average Bonchev–Trinajstić information content (AvgIpc) is 3.05. The van der Waals surface area contributed by atoms with Gasteiger partial charge in [-0.1, -0.05) is 30.3 Å². The molecule has 4 nitrogen and oxygen atoms in total. The molecule has 0 aromatic heterocycles. The van der Waals surface area contributed by atoms with Gasteiger partial charge in [-0.25, -0.2) is 0 Å². The topological polar surface area (TPSA) is 44.4 Å². The summed E-state index contributed by atoms with van der Waals surface area (Å²) >= 11 is 0. The predicted molar refractivity (Wildman–Crippen MR) is 93.0 cm³/mol. The summed E-state index contributed by atoms with van der Waals surface area (Å²) in [5.41, 5.74) is 1.37. The molecule has 23 heavy (non-hydrogen) atoms. The van der Waals surface area contributed by atoms with Crippen molar-refractivity contribution >= 4 is 5.91 Å². The van der Waals surface area contributed by atoms with Crippen molar-refractivity contribution in [3.63, 3.8) is 0 Å². The van der Waals surface area contributed by atoms with Gasteiger partial charge in [-0.05, 0) is 50.8 Å². The van der Waals surface area contributed by atoms with Crippen LogP contribution in [0.3, 0.4) is 0 Å². The molecule has 0 radical (unpaired) electrons. The van der Waals surface area contributed by atoms with Gasteiger partial charge in [-0.3, -0.25) is 9.69 Å². The van der Waals surface area contributed by atoms with Crippen LogP contribution in [0.5, 0.6) is 0 Å². The summed E-state index contributed by atoms with van der Waals surface area (Å²) in [5.74, 6) is 0.971. The molecule has 1 amide bonds. The highest BCUT2D eigenvalue weighted by atomic mass is 16.2. The molecule has 2 aliphatic rings. The van der Waals surface area contributed by atoms with Gasteiger partial charge in [0.15, 0.2) is 0 Å². The zero-order valence-electron chi connectivity index (χ0n) is 14.1. The molecule has 3 rings (SSSR count). The Bertz CT molecular complexity index is 499. The van der Waals surface area contributed by atoms with Crippen molar-refractivity contribution in [1.82, 2.24) is 15.5 Å². The summed E-state index contributed by atoms with van der Waals surface area (Å²) in [6.07, 6.45) is 3.31. The van der Waals surface area contributed by atoms with Crippen LogP contribution in [0.4, 0.5) is 0 Å². The van der Waals surface area contributed by atoms with Gasteiger partial charge in [0.2, 0.25) is 5.91 Å². The maximum absolute atomic E-state index is 12.4. The molecule has 2 heterocycles. The van der Waals surface area contributed by atoms with E-state index in [2.05, 4.69) is 52.8 Å². The molecular formula is C19H29N3O. The van der Waals surface area contributed by atoms with E-state index in [-0.39, 0.29) is 17.9 Å². The molecule has 2 saturated heterocycles. The fourth-order valence-electron chi connectivity index (χ4n) is 3.79.